The summed E-state index contributed by atoms with van der Waals surface area (Å²) in [4.78, 5) is 47.1. The molecule has 10 heteroatoms. The zero-order chi connectivity index (χ0) is 37.6. The Balaban J connectivity index is 1.38. The molecule has 0 bridgehead atoms. The van der Waals surface area contributed by atoms with Gasteiger partial charge in [-0.25, -0.2) is 0 Å². The number of benzene rings is 2. The SMILES string of the molecule is C#CC[C@H](NC(=O)C(CC(=O)N(C)CCc1ccc2c(Cl)cccc2n1)Cc1ccccc1)C(=O)NC[C@@H](O)C(CC(C)C)OC1CCCCC1C. The van der Waals surface area contributed by atoms with Gasteiger partial charge in [-0.2, -0.15) is 0 Å². The van der Waals surface area contributed by atoms with Crippen molar-refractivity contribution in [1.29, 1.82) is 0 Å². The first kappa shape index (κ1) is 40.8. The van der Waals surface area contributed by atoms with Crippen LogP contribution in [0.5, 0.6) is 0 Å². The molecule has 2 aromatic carbocycles. The van der Waals surface area contributed by atoms with Crippen LogP contribution in [0, 0.1) is 30.1 Å². The number of fused-ring (bicyclic) bond motifs is 1. The van der Waals surface area contributed by atoms with Crippen molar-refractivity contribution >= 4 is 40.2 Å². The van der Waals surface area contributed by atoms with Crippen molar-refractivity contribution in [3.63, 3.8) is 0 Å². The number of aromatic nitrogens is 1. The molecule has 3 N–H and O–H groups in total. The number of carbonyl (C=O) groups excluding carboxylic acids is 3. The summed E-state index contributed by atoms with van der Waals surface area (Å²) in [5.41, 5.74) is 2.50. The minimum atomic E-state index is -1.04. The number of aliphatic hydroxyl groups excluding tert-OH is 1. The molecule has 4 unspecified atom stereocenters. The molecule has 52 heavy (non-hydrogen) atoms. The van der Waals surface area contributed by atoms with Crippen LogP contribution in [-0.2, 0) is 32.0 Å². The van der Waals surface area contributed by atoms with Crippen LogP contribution in [0.3, 0.4) is 0 Å². The Hall–Kier alpha value is -3.97. The number of halogens is 1. The molecule has 4 rings (SSSR count). The van der Waals surface area contributed by atoms with E-state index in [9.17, 15) is 19.5 Å². The van der Waals surface area contributed by atoms with Crippen molar-refractivity contribution in [3.8, 4) is 12.3 Å². The summed E-state index contributed by atoms with van der Waals surface area (Å²) >= 11 is 6.29. The van der Waals surface area contributed by atoms with Crippen LogP contribution < -0.4 is 10.6 Å². The molecule has 6 atom stereocenters. The fraction of sp³-hybridized carbons (Fsp3) is 0.524. The van der Waals surface area contributed by atoms with Crippen LogP contribution in [0.4, 0.5) is 0 Å². The zero-order valence-corrected chi connectivity index (χ0v) is 31.8. The van der Waals surface area contributed by atoms with Gasteiger partial charge in [0.25, 0.3) is 0 Å². The Bertz CT molecular complexity index is 1660. The lowest BCUT2D eigenvalue weighted by Gasteiger charge is -2.35. The van der Waals surface area contributed by atoms with Crippen molar-refractivity contribution in [3.05, 3.63) is 76.9 Å². The maximum atomic E-state index is 13.8. The van der Waals surface area contributed by atoms with E-state index in [0.717, 1.165) is 41.4 Å². The van der Waals surface area contributed by atoms with Gasteiger partial charge in [-0.05, 0) is 67.3 Å². The third-order valence-corrected chi connectivity index (χ3v) is 10.3. The maximum Gasteiger partial charge on any atom is 0.243 e. The van der Waals surface area contributed by atoms with E-state index in [-0.39, 0.29) is 31.4 Å². The molecule has 0 spiro atoms. The predicted octanol–water partition coefficient (Wildman–Crippen LogP) is 6.13. The Labute approximate surface area is 314 Å². The predicted molar refractivity (Wildman–Crippen MR) is 206 cm³/mol. The van der Waals surface area contributed by atoms with Crippen molar-refractivity contribution in [2.45, 2.75) is 103 Å². The van der Waals surface area contributed by atoms with E-state index in [0.29, 0.717) is 42.7 Å². The lowest BCUT2D eigenvalue weighted by atomic mass is 9.87. The van der Waals surface area contributed by atoms with Crippen molar-refractivity contribution < 1.29 is 24.2 Å². The summed E-state index contributed by atoms with van der Waals surface area (Å²) in [5, 5.41) is 18.3. The van der Waals surface area contributed by atoms with E-state index >= 15 is 0 Å². The first-order valence-corrected chi connectivity index (χ1v) is 19.0. The summed E-state index contributed by atoms with van der Waals surface area (Å²) in [7, 11) is 1.71. The number of carbonyl (C=O) groups is 3. The van der Waals surface area contributed by atoms with E-state index in [1.54, 1.807) is 11.9 Å². The molecule has 1 fully saturated rings. The largest absolute Gasteiger partial charge is 0.389 e. The van der Waals surface area contributed by atoms with E-state index in [1.165, 1.54) is 6.42 Å². The second-order valence-corrected chi connectivity index (χ2v) is 15.1. The number of pyridine rings is 1. The van der Waals surface area contributed by atoms with Gasteiger partial charge in [0.15, 0.2) is 0 Å². The number of hydrogen-bond donors (Lipinski definition) is 3. The molecule has 9 nitrogen and oxygen atoms in total. The zero-order valence-electron chi connectivity index (χ0n) is 31.0. The standard InChI is InChI=1S/C42H55ClN4O5/c1-6-13-36(42(51)44-27-37(48)39(24-28(2)3)52-38-19-11-10-14-29(38)4)46-41(50)31(25-30-15-8-7-9-16-30)26-40(49)47(5)23-22-32-20-21-33-34(43)17-12-18-35(33)45-32/h1,7-9,12,15-18,20-21,28-29,31,36-39,48H,10-11,13-14,19,22-27H2,2-5H3,(H,44,51)(H,46,50)/t29?,31?,36-,37+,38?,39?/m0/s1. The van der Waals surface area contributed by atoms with Crippen LogP contribution in [0.2, 0.25) is 5.02 Å². The smallest absolute Gasteiger partial charge is 0.243 e. The van der Waals surface area contributed by atoms with Gasteiger partial charge in [0.2, 0.25) is 17.7 Å². The van der Waals surface area contributed by atoms with Gasteiger partial charge >= 0.3 is 0 Å². The van der Waals surface area contributed by atoms with E-state index in [2.05, 4.69) is 37.3 Å². The van der Waals surface area contributed by atoms with Crippen LogP contribution >= 0.6 is 11.6 Å². The fourth-order valence-corrected chi connectivity index (χ4v) is 7.01. The number of nitrogens with zero attached hydrogens (tertiary/aromatic N) is 2. The van der Waals surface area contributed by atoms with Gasteiger partial charge in [0.1, 0.15) is 6.04 Å². The number of amides is 3. The highest BCUT2D eigenvalue weighted by Crippen LogP contribution is 2.29. The molecule has 3 aromatic rings. The number of likely N-dealkylation sites (N-methyl/N-ethyl adjacent to an activating group) is 1. The van der Waals surface area contributed by atoms with Crippen LogP contribution in [0.25, 0.3) is 10.9 Å². The number of aliphatic hydroxyl groups is 1. The molecule has 0 aliphatic heterocycles. The quantitative estimate of drug-likeness (QED) is 0.136. The van der Waals surface area contributed by atoms with Gasteiger partial charge < -0.3 is 25.4 Å². The molecule has 1 aliphatic rings. The molecule has 0 saturated heterocycles. The average Bonchev–Trinajstić information content (AvgIpc) is 3.13. The van der Waals surface area contributed by atoms with Crippen molar-refractivity contribution in [2.75, 3.05) is 20.1 Å². The van der Waals surface area contributed by atoms with E-state index < -0.39 is 36.0 Å². The van der Waals surface area contributed by atoms with E-state index in [4.69, 9.17) is 27.7 Å². The lowest BCUT2D eigenvalue weighted by molar-refractivity contribution is -0.136. The lowest BCUT2D eigenvalue weighted by Crippen LogP contribution is -2.51. The summed E-state index contributed by atoms with van der Waals surface area (Å²) < 4.78 is 6.44. The number of hydrogen-bond acceptors (Lipinski definition) is 6. The van der Waals surface area contributed by atoms with E-state index in [1.807, 2.05) is 60.7 Å². The fourth-order valence-electron chi connectivity index (χ4n) is 6.78. The maximum absolute atomic E-state index is 13.8. The number of terminal acetylenes is 1. The highest BCUT2D eigenvalue weighted by molar-refractivity contribution is 6.35. The third kappa shape index (κ3) is 12.3. The molecular formula is C42H55ClN4O5. The summed E-state index contributed by atoms with van der Waals surface area (Å²) in [6.07, 6.45) is 10.1. The normalized spacial score (nSPS) is 18.2. The highest BCUT2D eigenvalue weighted by Gasteiger charge is 2.32. The van der Waals surface area contributed by atoms with Crippen LogP contribution in [-0.4, -0.2) is 77.2 Å². The first-order valence-electron chi connectivity index (χ1n) is 18.6. The van der Waals surface area contributed by atoms with Gasteiger partial charge in [-0.1, -0.05) is 81.6 Å². The molecule has 0 radical (unpaired) electrons. The highest BCUT2D eigenvalue weighted by atomic mass is 35.5. The molecule has 1 aromatic heterocycles. The molecule has 1 heterocycles. The van der Waals surface area contributed by atoms with Gasteiger partial charge in [0.05, 0.1) is 29.7 Å². The average molecular weight is 731 g/mol. The Kier molecular flexibility index (Phi) is 15.9. The number of nitrogens with one attached hydrogen (secondary N) is 2. The van der Waals surface area contributed by atoms with Gasteiger partial charge in [0, 0.05) is 55.5 Å². The molecule has 1 saturated carbocycles. The minimum absolute atomic E-state index is 0.0376. The van der Waals surface area contributed by atoms with Gasteiger partial charge in [-0.3, -0.25) is 19.4 Å². The van der Waals surface area contributed by atoms with Gasteiger partial charge in [-0.15, -0.1) is 12.3 Å². The Morgan fingerprint density at radius 1 is 1.06 bits per heavy atom. The summed E-state index contributed by atoms with van der Waals surface area (Å²) in [5.74, 6) is 1.31. The first-order chi connectivity index (χ1) is 24.9. The summed E-state index contributed by atoms with van der Waals surface area (Å²) in [6, 6.07) is 17.8. The molecule has 1 aliphatic carbocycles. The Morgan fingerprint density at radius 3 is 2.52 bits per heavy atom. The van der Waals surface area contributed by atoms with Crippen molar-refractivity contribution in [2.24, 2.45) is 17.8 Å². The minimum Gasteiger partial charge on any atom is -0.389 e. The number of rotatable bonds is 18. The monoisotopic (exact) mass is 730 g/mol. The van der Waals surface area contributed by atoms with Crippen LogP contribution in [0.15, 0.2) is 60.7 Å². The second-order valence-electron chi connectivity index (χ2n) is 14.7. The molecule has 3 amide bonds. The summed E-state index contributed by atoms with van der Waals surface area (Å²) in [6.45, 7) is 6.72. The Morgan fingerprint density at radius 2 is 1.81 bits per heavy atom. The topological polar surface area (TPSA) is 121 Å². The van der Waals surface area contributed by atoms with Crippen molar-refractivity contribution in [1.82, 2.24) is 20.5 Å². The second kappa shape index (κ2) is 20.3. The molecular weight excluding hydrogens is 676 g/mol. The number of ether oxygens (including phenoxy) is 1. The third-order valence-electron chi connectivity index (χ3n) is 9.94. The van der Waals surface area contributed by atoms with Crippen LogP contribution in [0.1, 0.15) is 77.0 Å². The molecule has 280 valence electrons.